The molecule has 1 saturated heterocycles. The van der Waals surface area contributed by atoms with Crippen LogP contribution in [0.3, 0.4) is 0 Å². The first-order valence-corrected chi connectivity index (χ1v) is 6.57. The van der Waals surface area contributed by atoms with Gasteiger partial charge < -0.3 is 10.0 Å². The maximum absolute atomic E-state index is 10.6. The number of rotatable bonds is 4. The topological polar surface area (TPSA) is 64.3 Å². The molecule has 102 valence electrons. The van der Waals surface area contributed by atoms with Gasteiger partial charge in [0.15, 0.2) is 0 Å². The molecule has 1 aromatic rings. The van der Waals surface area contributed by atoms with Gasteiger partial charge in [0.1, 0.15) is 11.6 Å². The summed E-state index contributed by atoms with van der Waals surface area (Å²) in [6.45, 7) is 2.23. The summed E-state index contributed by atoms with van der Waals surface area (Å²) in [5.41, 5.74) is 1.93. The van der Waals surface area contributed by atoms with E-state index in [4.69, 9.17) is 10.4 Å². The number of carbonyl (C=O) groups is 1. The molecule has 1 heterocycles. The highest BCUT2D eigenvalue weighted by atomic mass is 16.4. The van der Waals surface area contributed by atoms with E-state index in [0.29, 0.717) is 0 Å². The summed E-state index contributed by atoms with van der Waals surface area (Å²) in [6.07, 6.45) is 7.17. The second-order valence-electron chi connectivity index (χ2n) is 4.64. The Kier molecular flexibility index (Phi) is 4.56. The van der Waals surface area contributed by atoms with E-state index in [1.54, 1.807) is 18.2 Å². The highest BCUT2D eigenvalue weighted by Crippen LogP contribution is 2.20. The second-order valence-corrected chi connectivity index (χ2v) is 4.64. The standard InChI is InChI=1S/C16H16N2O2/c17-12-14(16(19)20)5-3-4-13-6-8-15(9-7-13)18-10-1-2-11-18/h3-9H,1-2,10-11H2,(H,19,20)/b4-3+,14-5+. The van der Waals surface area contributed by atoms with Gasteiger partial charge in [-0.1, -0.05) is 24.3 Å². The van der Waals surface area contributed by atoms with E-state index >= 15 is 0 Å². The molecule has 0 aliphatic carbocycles. The molecule has 0 amide bonds. The number of aliphatic carboxylic acids is 1. The van der Waals surface area contributed by atoms with Crippen LogP contribution in [0.5, 0.6) is 0 Å². The Morgan fingerprint density at radius 3 is 2.45 bits per heavy atom. The van der Waals surface area contributed by atoms with Crippen molar-refractivity contribution in [3.05, 3.63) is 47.6 Å². The Labute approximate surface area is 118 Å². The number of carboxylic acid groups (broad SMARTS) is 1. The Balaban J connectivity index is 2.03. The zero-order valence-corrected chi connectivity index (χ0v) is 11.1. The molecule has 0 bridgehead atoms. The Morgan fingerprint density at radius 1 is 1.25 bits per heavy atom. The third-order valence-corrected chi connectivity index (χ3v) is 3.27. The van der Waals surface area contributed by atoms with E-state index < -0.39 is 5.97 Å². The summed E-state index contributed by atoms with van der Waals surface area (Å²) in [6, 6.07) is 9.75. The van der Waals surface area contributed by atoms with Crippen LogP contribution in [-0.2, 0) is 4.79 Å². The largest absolute Gasteiger partial charge is 0.477 e. The quantitative estimate of drug-likeness (QED) is 0.518. The van der Waals surface area contributed by atoms with Crippen LogP contribution in [0.2, 0.25) is 0 Å². The molecule has 1 fully saturated rings. The number of carboxylic acids is 1. The molecule has 2 rings (SSSR count). The third kappa shape index (κ3) is 3.48. The maximum atomic E-state index is 10.6. The van der Waals surface area contributed by atoms with Crippen molar-refractivity contribution in [2.45, 2.75) is 12.8 Å². The van der Waals surface area contributed by atoms with Crippen molar-refractivity contribution >= 4 is 17.7 Å². The summed E-state index contributed by atoms with van der Waals surface area (Å²) in [4.78, 5) is 13.0. The van der Waals surface area contributed by atoms with Gasteiger partial charge in [0.05, 0.1) is 0 Å². The lowest BCUT2D eigenvalue weighted by molar-refractivity contribution is -0.132. The third-order valence-electron chi connectivity index (χ3n) is 3.27. The van der Waals surface area contributed by atoms with Crippen LogP contribution in [-0.4, -0.2) is 24.2 Å². The normalized spacial score (nSPS) is 15.6. The fourth-order valence-electron chi connectivity index (χ4n) is 2.18. The summed E-state index contributed by atoms with van der Waals surface area (Å²) < 4.78 is 0. The van der Waals surface area contributed by atoms with Crippen LogP contribution in [0, 0.1) is 11.3 Å². The monoisotopic (exact) mass is 268 g/mol. The van der Waals surface area contributed by atoms with Gasteiger partial charge in [-0.15, -0.1) is 0 Å². The summed E-state index contributed by atoms with van der Waals surface area (Å²) >= 11 is 0. The lowest BCUT2D eigenvalue weighted by Gasteiger charge is -2.17. The molecule has 1 aliphatic heterocycles. The number of anilines is 1. The van der Waals surface area contributed by atoms with Crippen LogP contribution in [0.1, 0.15) is 18.4 Å². The molecule has 4 heteroatoms. The van der Waals surface area contributed by atoms with Gasteiger partial charge in [0, 0.05) is 18.8 Å². The smallest absolute Gasteiger partial charge is 0.346 e. The maximum Gasteiger partial charge on any atom is 0.346 e. The minimum atomic E-state index is -1.21. The molecule has 1 N–H and O–H groups in total. The molecule has 0 unspecified atom stereocenters. The Hall–Kier alpha value is -2.54. The average Bonchev–Trinajstić information content (AvgIpc) is 2.98. The Bertz CT molecular complexity index is 573. The number of benzene rings is 1. The van der Waals surface area contributed by atoms with E-state index in [1.807, 2.05) is 12.1 Å². The number of hydrogen-bond donors (Lipinski definition) is 1. The molecule has 1 aliphatic rings. The molecule has 1 aromatic carbocycles. The highest BCUT2D eigenvalue weighted by molar-refractivity contribution is 5.91. The first-order chi connectivity index (χ1) is 9.70. The fourth-order valence-corrected chi connectivity index (χ4v) is 2.18. The van der Waals surface area contributed by atoms with E-state index in [-0.39, 0.29) is 5.57 Å². The van der Waals surface area contributed by atoms with Crippen molar-refractivity contribution in [2.24, 2.45) is 0 Å². The predicted octanol–water partition coefficient (Wildman–Crippen LogP) is 2.83. The number of nitrogens with zero attached hydrogens (tertiary/aromatic N) is 2. The van der Waals surface area contributed by atoms with Gasteiger partial charge >= 0.3 is 5.97 Å². The van der Waals surface area contributed by atoms with Gasteiger partial charge in [-0.3, -0.25) is 0 Å². The van der Waals surface area contributed by atoms with Crippen molar-refractivity contribution in [3.63, 3.8) is 0 Å². The number of hydrogen-bond acceptors (Lipinski definition) is 3. The molecular weight excluding hydrogens is 252 g/mol. The van der Waals surface area contributed by atoms with Crippen molar-refractivity contribution in [3.8, 4) is 6.07 Å². The molecule has 0 saturated carbocycles. The van der Waals surface area contributed by atoms with Crippen LogP contribution in [0.15, 0.2) is 42.0 Å². The SMILES string of the molecule is N#C/C(=C\C=C\c1ccc(N2CCCC2)cc1)C(=O)O. The van der Waals surface area contributed by atoms with Crippen LogP contribution in [0.25, 0.3) is 6.08 Å². The molecule has 4 nitrogen and oxygen atoms in total. The van der Waals surface area contributed by atoms with E-state index in [9.17, 15) is 4.79 Å². The first-order valence-electron chi connectivity index (χ1n) is 6.57. The molecule has 0 radical (unpaired) electrons. The van der Waals surface area contributed by atoms with E-state index in [0.717, 1.165) is 18.7 Å². The van der Waals surface area contributed by atoms with Crippen molar-refractivity contribution in [2.75, 3.05) is 18.0 Å². The minimum Gasteiger partial charge on any atom is -0.477 e. The summed E-state index contributed by atoms with van der Waals surface area (Å²) in [5, 5.41) is 17.3. The average molecular weight is 268 g/mol. The number of allylic oxidation sites excluding steroid dienone is 2. The zero-order valence-electron chi connectivity index (χ0n) is 11.1. The molecule has 0 aromatic heterocycles. The van der Waals surface area contributed by atoms with Gasteiger partial charge in [-0.25, -0.2) is 4.79 Å². The lowest BCUT2D eigenvalue weighted by atomic mass is 10.1. The second kappa shape index (κ2) is 6.58. The van der Waals surface area contributed by atoms with Gasteiger partial charge in [0.2, 0.25) is 0 Å². The van der Waals surface area contributed by atoms with E-state index in [1.165, 1.54) is 24.6 Å². The molecule has 0 spiro atoms. The van der Waals surface area contributed by atoms with Crippen molar-refractivity contribution in [1.29, 1.82) is 5.26 Å². The zero-order chi connectivity index (χ0) is 14.4. The van der Waals surface area contributed by atoms with Gasteiger partial charge in [-0.05, 0) is 36.6 Å². The predicted molar refractivity (Wildman–Crippen MR) is 78.3 cm³/mol. The first kappa shape index (κ1) is 13.9. The van der Waals surface area contributed by atoms with Crippen LogP contribution in [0.4, 0.5) is 5.69 Å². The summed E-state index contributed by atoms with van der Waals surface area (Å²) in [5.74, 6) is -1.21. The highest BCUT2D eigenvalue weighted by Gasteiger charge is 2.11. The molecule has 0 atom stereocenters. The van der Waals surface area contributed by atoms with Gasteiger partial charge in [0.25, 0.3) is 0 Å². The van der Waals surface area contributed by atoms with Crippen LogP contribution >= 0.6 is 0 Å². The number of nitriles is 1. The molecule has 20 heavy (non-hydrogen) atoms. The summed E-state index contributed by atoms with van der Waals surface area (Å²) in [7, 11) is 0. The van der Waals surface area contributed by atoms with Crippen molar-refractivity contribution < 1.29 is 9.90 Å². The fraction of sp³-hybridized carbons (Fsp3) is 0.250. The van der Waals surface area contributed by atoms with Gasteiger partial charge in [-0.2, -0.15) is 5.26 Å². The van der Waals surface area contributed by atoms with E-state index in [2.05, 4.69) is 17.0 Å². The molecular formula is C16H16N2O2. The minimum absolute atomic E-state index is 0.269. The van der Waals surface area contributed by atoms with Crippen LogP contribution < -0.4 is 4.90 Å². The Morgan fingerprint density at radius 2 is 1.90 bits per heavy atom. The lowest BCUT2D eigenvalue weighted by Crippen LogP contribution is -2.17. The van der Waals surface area contributed by atoms with Crippen molar-refractivity contribution in [1.82, 2.24) is 0 Å².